The number of H-pyrrole nitrogens is 1. The van der Waals surface area contributed by atoms with Crippen molar-refractivity contribution in [3.8, 4) is 0 Å². The zero-order valence-corrected chi connectivity index (χ0v) is 21.7. The fourth-order valence-electron chi connectivity index (χ4n) is 3.81. The number of benzene rings is 1. The minimum absolute atomic E-state index is 0.00883. The van der Waals surface area contributed by atoms with Crippen LogP contribution in [-0.4, -0.2) is 41.4 Å². The van der Waals surface area contributed by atoms with E-state index in [0.717, 1.165) is 37.5 Å². The van der Waals surface area contributed by atoms with Crippen LogP contribution in [0, 0.1) is 12.8 Å². The smallest absolute Gasteiger partial charge is 0.325 e. The Kier molecular flexibility index (Phi) is 7.89. The van der Waals surface area contributed by atoms with Crippen LogP contribution in [0.15, 0.2) is 40.0 Å². The number of amides is 2. The molecule has 2 aromatic heterocycles. The van der Waals surface area contributed by atoms with Gasteiger partial charge in [-0.15, -0.1) is 0 Å². The fraction of sp³-hybridized carbons (Fsp3) is 0.364. The van der Waals surface area contributed by atoms with Gasteiger partial charge in [0, 0.05) is 23.9 Å². The summed E-state index contributed by atoms with van der Waals surface area (Å²) in [6, 6.07) is 4.85. The van der Waals surface area contributed by atoms with Gasteiger partial charge in [-0.25, -0.2) is 27.9 Å². The van der Waals surface area contributed by atoms with Crippen LogP contribution in [0.25, 0.3) is 0 Å². The van der Waals surface area contributed by atoms with E-state index in [2.05, 4.69) is 30.3 Å². The molecule has 2 heterocycles. The summed E-state index contributed by atoms with van der Waals surface area (Å²) >= 11 is 2.48. The number of urea groups is 1. The highest BCUT2D eigenvalue weighted by atomic mass is 32.2. The fourth-order valence-corrected chi connectivity index (χ4v) is 6.21. The average Bonchev–Trinajstić information content (AvgIpc) is 3.55. The molecule has 0 spiro atoms. The molecule has 0 bridgehead atoms. The second-order valence-corrected chi connectivity index (χ2v) is 12.4. The molecular weight excluding hydrogens is 508 g/mol. The zero-order valence-electron chi connectivity index (χ0n) is 19.3. The average molecular weight is 535 g/mol. The molecule has 186 valence electrons. The third kappa shape index (κ3) is 6.90. The Morgan fingerprint density at radius 3 is 2.69 bits per heavy atom. The number of aryl methyl sites for hydroxylation is 1. The molecule has 0 saturated heterocycles. The van der Waals surface area contributed by atoms with Gasteiger partial charge in [-0.05, 0) is 43.7 Å². The molecule has 13 heteroatoms. The summed E-state index contributed by atoms with van der Waals surface area (Å²) in [5, 5.41) is 6.38. The minimum atomic E-state index is -3.43. The van der Waals surface area contributed by atoms with Crippen LogP contribution in [0.4, 0.5) is 15.6 Å². The lowest BCUT2D eigenvalue weighted by molar-refractivity contribution is 0.0923. The van der Waals surface area contributed by atoms with Gasteiger partial charge >= 0.3 is 6.03 Å². The third-order valence-electron chi connectivity index (χ3n) is 5.46. The lowest BCUT2D eigenvalue weighted by Crippen LogP contribution is -2.23. The van der Waals surface area contributed by atoms with E-state index in [1.54, 1.807) is 18.5 Å². The van der Waals surface area contributed by atoms with E-state index in [-0.39, 0.29) is 23.4 Å². The number of nitrogens with zero attached hydrogens (tertiary/aromatic N) is 2. The molecule has 1 aromatic carbocycles. The Morgan fingerprint density at radius 2 is 2.00 bits per heavy atom. The van der Waals surface area contributed by atoms with E-state index in [4.69, 9.17) is 0 Å². The molecule has 35 heavy (non-hydrogen) atoms. The Hall–Kier alpha value is -2.74. The summed E-state index contributed by atoms with van der Waals surface area (Å²) in [5.41, 5.74) is 2.37. The standard InChI is InChI=1S/C22H26N6O4S3/c1-13-7-8-16(15(11-13)18(29)14-5-3-4-6-14)26-20(30)28-22-27-17(12-25-35(2,31)32)19(34-22)33-21-23-9-10-24-21/h7-11,14,25H,3-6,12H2,1-2H3,(H,23,24)(H2,26,27,28,30). The van der Waals surface area contributed by atoms with Gasteiger partial charge in [0.1, 0.15) is 0 Å². The molecular formula is C22H26N6O4S3. The Morgan fingerprint density at radius 1 is 1.23 bits per heavy atom. The molecule has 4 rings (SSSR count). The van der Waals surface area contributed by atoms with Crippen molar-refractivity contribution in [2.24, 2.45) is 5.92 Å². The van der Waals surface area contributed by atoms with Gasteiger partial charge in [0.05, 0.1) is 28.4 Å². The maximum absolute atomic E-state index is 13.1. The molecule has 1 aliphatic rings. The van der Waals surface area contributed by atoms with Gasteiger partial charge < -0.3 is 10.3 Å². The molecule has 0 unspecified atom stereocenters. The third-order valence-corrected chi connectivity index (χ3v) is 8.28. The first-order chi connectivity index (χ1) is 16.7. The quantitative estimate of drug-likeness (QED) is 0.298. The predicted octanol–water partition coefficient (Wildman–Crippen LogP) is 4.39. The summed E-state index contributed by atoms with van der Waals surface area (Å²) in [5.74, 6) is 0.0486. The highest BCUT2D eigenvalue weighted by molar-refractivity contribution is 8.01. The number of sulfonamides is 1. The van der Waals surface area contributed by atoms with E-state index in [1.807, 2.05) is 19.1 Å². The molecule has 1 saturated carbocycles. The number of imidazole rings is 1. The van der Waals surface area contributed by atoms with Gasteiger partial charge in [0.25, 0.3) is 0 Å². The normalized spacial score (nSPS) is 14.2. The molecule has 0 aliphatic heterocycles. The summed E-state index contributed by atoms with van der Waals surface area (Å²) in [6.07, 6.45) is 8.19. The molecule has 2 amide bonds. The van der Waals surface area contributed by atoms with E-state index in [0.29, 0.717) is 26.3 Å². The lowest BCUT2D eigenvalue weighted by Gasteiger charge is -2.14. The second-order valence-electron chi connectivity index (χ2n) is 8.32. The van der Waals surface area contributed by atoms with E-state index in [1.165, 1.54) is 23.1 Å². The van der Waals surface area contributed by atoms with Gasteiger partial charge in [-0.3, -0.25) is 10.1 Å². The van der Waals surface area contributed by atoms with Gasteiger partial charge in [-0.2, -0.15) is 0 Å². The van der Waals surface area contributed by atoms with Crippen LogP contribution in [0.2, 0.25) is 0 Å². The van der Waals surface area contributed by atoms with Crippen molar-refractivity contribution < 1.29 is 18.0 Å². The van der Waals surface area contributed by atoms with Crippen molar-refractivity contribution in [3.63, 3.8) is 0 Å². The van der Waals surface area contributed by atoms with Crippen LogP contribution in [0.1, 0.15) is 47.3 Å². The number of hydrogen-bond donors (Lipinski definition) is 4. The Bertz CT molecular complexity index is 1310. The first-order valence-corrected chi connectivity index (χ1v) is 14.5. The Balaban J connectivity index is 1.50. The minimum Gasteiger partial charge on any atom is -0.339 e. The predicted molar refractivity (Wildman–Crippen MR) is 137 cm³/mol. The summed E-state index contributed by atoms with van der Waals surface area (Å²) in [4.78, 5) is 37.4. The van der Waals surface area contributed by atoms with Gasteiger partial charge in [0.15, 0.2) is 16.1 Å². The van der Waals surface area contributed by atoms with Gasteiger partial charge in [0.2, 0.25) is 10.0 Å². The number of carbonyl (C=O) groups excluding carboxylic acids is 2. The Labute approximate surface area is 211 Å². The van der Waals surface area contributed by atoms with Crippen LogP contribution >= 0.6 is 23.1 Å². The molecule has 10 nitrogen and oxygen atoms in total. The number of carbonyl (C=O) groups is 2. The van der Waals surface area contributed by atoms with Crippen LogP contribution in [0.5, 0.6) is 0 Å². The summed E-state index contributed by atoms with van der Waals surface area (Å²) in [7, 11) is -3.43. The molecule has 0 radical (unpaired) electrons. The topological polar surface area (TPSA) is 146 Å². The van der Waals surface area contributed by atoms with E-state index in [9.17, 15) is 18.0 Å². The lowest BCUT2D eigenvalue weighted by atomic mass is 9.94. The molecule has 4 N–H and O–H groups in total. The van der Waals surface area contributed by atoms with Crippen LogP contribution in [0.3, 0.4) is 0 Å². The maximum Gasteiger partial charge on any atom is 0.325 e. The van der Waals surface area contributed by atoms with Gasteiger partial charge in [-0.1, -0.05) is 35.8 Å². The number of aromatic nitrogens is 3. The van der Waals surface area contributed by atoms with Crippen molar-refractivity contribution in [2.75, 3.05) is 16.9 Å². The molecule has 1 fully saturated rings. The van der Waals surface area contributed by atoms with Crippen LogP contribution in [-0.2, 0) is 16.6 Å². The number of thiazole rings is 1. The largest absolute Gasteiger partial charge is 0.339 e. The van der Waals surface area contributed by atoms with Crippen molar-refractivity contribution in [3.05, 3.63) is 47.4 Å². The number of rotatable bonds is 9. The zero-order chi connectivity index (χ0) is 25.0. The number of hydrogen-bond acceptors (Lipinski definition) is 8. The van der Waals surface area contributed by atoms with E-state index < -0.39 is 16.1 Å². The number of nitrogens with one attached hydrogen (secondary N) is 4. The van der Waals surface area contributed by atoms with E-state index >= 15 is 0 Å². The molecule has 3 aromatic rings. The summed E-state index contributed by atoms with van der Waals surface area (Å²) in [6.45, 7) is 1.88. The number of ketones is 1. The maximum atomic E-state index is 13.1. The van der Waals surface area contributed by atoms with Crippen molar-refractivity contribution in [1.82, 2.24) is 19.7 Å². The SMILES string of the molecule is Cc1ccc(NC(=O)Nc2nc(CNS(C)(=O)=O)c(Sc3ncc[nH]3)s2)c(C(=O)C2CCCC2)c1. The monoisotopic (exact) mass is 534 g/mol. The number of anilines is 2. The van der Waals surface area contributed by atoms with Crippen molar-refractivity contribution in [1.29, 1.82) is 0 Å². The first kappa shape index (κ1) is 25.4. The number of aromatic amines is 1. The highest BCUT2D eigenvalue weighted by Crippen LogP contribution is 2.36. The van der Waals surface area contributed by atoms with Crippen molar-refractivity contribution >= 4 is 55.8 Å². The highest BCUT2D eigenvalue weighted by Gasteiger charge is 2.26. The second kappa shape index (κ2) is 10.9. The van der Waals surface area contributed by atoms with Crippen molar-refractivity contribution in [2.45, 2.75) is 48.5 Å². The number of Topliss-reactive ketones (excluding diaryl/α,β-unsaturated/α-hetero) is 1. The molecule has 1 aliphatic carbocycles. The van der Waals surface area contributed by atoms with Crippen LogP contribution < -0.4 is 15.4 Å². The first-order valence-electron chi connectivity index (χ1n) is 11.0. The molecule has 0 atom stereocenters. The summed E-state index contributed by atoms with van der Waals surface area (Å²) < 4.78 is 26.2.